The Bertz CT molecular complexity index is 717. The van der Waals surface area contributed by atoms with Crippen LogP contribution in [0.25, 0.3) is 0 Å². The van der Waals surface area contributed by atoms with Crippen LogP contribution in [0.4, 0.5) is 11.4 Å². The summed E-state index contributed by atoms with van der Waals surface area (Å²) in [5, 5.41) is 6.77. The van der Waals surface area contributed by atoms with Crippen molar-refractivity contribution in [1.29, 1.82) is 0 Å². The SMILES string of the molecule is O=C(CNc1cc(Cl)cc(Cl)c1)Nc1ccc2c(c1)OCCO2. The van der Waals surface area contributed by atoms with Crippen LogP contribution in [0.2, 0.25) is 10.0 Å². The van der Waals surface area contributed by atoms with Crippen molar-refractivity contribution < 1.29 is 14.3 Å². The summed E-state index contributed by atoms with van der Waals surface area (Å²) in [5.41, 5.74) is 1.32. The molecular formula is C16H14Cl2N2O3. The summed E-state index contributed by atoms with van der Waals surface area (Å²) in [7, 11) is 0. The van der Waals surface area contributed by atoms with Crippen molar-refractivity contribution >= 4 is 40.5 Å². The minimum Gasteiger partial charge on any atom is -0.486 e. The van der Waals surface area contributed by atoms with E-state index >= 15 is 0 Å². The maximum absolute atomic E-state index is 12.0. The molecule has 0 aromatic heterocycles. The second-order valence-corrected chi connectivity index (χ2v) is 5.79. The number of hydrogen-bond acceptors (Lipinski definition) is 4. The van der Waals surface area contributed by atoms with Gasteiger partial charge in [0.05, 0.1) is 6.54 Å². The molecular weight excluding hydrogens is 339 g/mol. The second kappa shape index (κ2) is 6.98. The maximum Gasteiger partial charge on any atom is 0.243 e. The molecule has 7 heteroatoms. The van der Waals surface area contributed by atoms with Crippen LogP contribution in [-0.2, 0) is 4.79 Å². The zero-order valence-electron chi connectivity index (χ0n) is 12.1. The molecule has 0 atom stereocenters. The van der Waals surface area contributed by atoms with Crippen molar-refractivity contribution in [2.24, 2.45) is 0 Å². The first-order valence-electron chi connectivity index (χ1n) is 6.99. The molecule has 23 heavy (non-hydrogen) atoms. The van der Waals surface area contributed by atoms with Gasteiger partial charge in [-0.25, -0.2) is 0 Å². The lowest BCUT2D eigenvalue weighted by molar-refractivity contribution is -0.114. The van der Waals surface area contributed by atoms with Crippen LogP contribution in [0.1, 0.15) is 0 Å². The highest BCUT2D eigenvalue weighted by molar-refractivity contribution is 6.35. The molecule has 5 nitrogen and oxygen atoms in total. The summed E-state index contributed by atoms with van der Waals surface area (Å²) in [4.78, 5) is 12.0. The molecule has 1 aliphatic heterocycles. The third kappa shape index (κ3) is 4.21. The van der Waals surface area contributed by atoms with Gasteiger partial charge in [0.1, 0.15) is 13.2 Å². The normalized spacial score (nSPS) is 12.6. The van der Waals surface area contributed by atoms with Gasteiger partial charge in [-0.1, -0.05) is 23.2 Å². The monoisotopic (exact) mass is 352 g/mol. The van der Waals surface area contributed by atoms with E-state index in [1.165, 1.54) is 0 Å². The fraction of sp³-hybridized carbons (Fsp3) is 0.188. The molecule has 0 saturated heterocycles. The van der Waals surface area contributed by atoms with E-state index in [4.69, 9.17) is 32.7 Å². The maximum atomic E-state index is 12.0. The molecule has 2 N–H and O–H groups in total. The highest BCUT2D eigenvalue weighted by Crippen LogP contribution is 2.32. The Morgan fingerprint density at radius 3 is 2.39 bits per heavy atom. The standard InChI is InChI=1S/C16H14Cl2N2O3/c17-10-5-11(18)7-13(6-10)19-9-16(21)20-12-1-2-14-15(8-12)23-4-3-22-14/h1-2,5-8,19H,3-4,9H2,(H,20,21). The Hall–Kier alpha value is -2.11. The van der Waals surface area contributed by atoms with Gasteiger partial charge in [0, 0.05) is 27.5 Å². The fourth-order valence-electron chi connectivity index (χ4n) is 2.16. The van der Waals surface area contributed by atoms with Crippen molar-refractivity contribution in [2.45, 2.75) is 0 Å². The Morgan fingerprint density at radius 1 is 0.957 bits per heavy atom. The Morgan fingerprint density at radius 2 is 1.65 bits per heavy atom. The number of rotatable bonds is 4. The molecule has 0 fully saturated rings. The van der Waals surface area contributed by atoms with Gasteiger partial charge in [-0.15, -0.1) is 0 Å². The predicted molar refractivity (Wildman–Crippen MR) is 91.0 cm³/mol. The summed E-state index contributed by atoms with van der Waals surface area (Å²) >= 11 is 11.8. The molecule has 3 rings (SSSR count). The topological polar surface area (TPSA) is 59.6 Å². The van der Waals surface area contributed by atoms with Crippen LogP contribution < -0.4 is 20.1 Å². The molecule has 0 aliphatic carbocycles. The first-order chi connectivity index (χ1) is 11.1. The summed E-state index contributed by atoms with van der Waals surface area (Å²) in [5.74, 6) is 1.11. The lowest BCUT2D eigenvalue weighted by Crippen LogP contribution is -2.22. The third-order valence-corrected chi connectivity index (χ3v) is 3.58. The van der Waals surface area contributed by atoms with Gasteiger partial charge < -0.3 is 20.1 Å². The van der Waals surface area contributed by atoms with E-state index in [1.807, 2.05) is 0 Å². The number of hydrogen-bond donors (Lipinski definition) is 2. The van der Waals surface area contributed by atoms with Crippen LogP contribution >= 0.6 is 23.2 Å². The molecule has 1 aliphatic rings. The predicted octanol–water partition coefficient (Wildman–Crippen LogP) is 3.82. The van der Waals surface area contributed by atoms with E-state index in [0.29, 0.717) is 46.1 Å². The molecule has 0 radical (unpaired) electrons. The number of halogens is 2. The first-order valence-corrected chi connectivity index (χ1v) is 7.75. The van der Waals surface area contributed by atoms with Gasteiger partial charge in [-0.3, -0.25) is 4.79 Å². The van der Waals surface area contributed by atoms with Crippen molar-refractivity contribution in [1.82, 2.24) is 0 Å². The molecule has 0 spiro atoms. The van der Waals surface area contributed by atoms with Gasteiger partial charge in [0.15, 0.2) is 11.5 Å². The van der Waals surface area contributed by atoms with E-state index in [9.17, 15) is 4.79 Å². The average molecular weight is 353 g/mol. The van der Waals surface area contributed by atoms with Crippen LogP contribution in [0.5, 0.6) is 11.5 Å². The molecule has 120 valence electrons. The van der Waals surface area contributed by atoms with Crippen molar-refractivity contribution in [3.05, 3.63) is 46.4 Å². The van der Waals surface area contributed by atoms with Crippen LogP contribution in [0, 0.1) is 0 Å². The number of nitrogens with one attached hydrogen (secondary N) is 2. The highest BCUT2D eigenvalue weighted by Gasteiger charge is 2.12. The molecule has 1 heterocycles. The number of fused-ring (bicyclic) bond motifs is 1. The lowest BCUT2D eigenvalue weighted by atomic mass is 10.2. The van der Waals surface area contributed by atoms with E-state index in [0.717, 1.165) is 0 Å². The molecule has 1 amide bonds. The largest absolute Gasteiger partial charge is 0.486 e. The quantitative estimate of drug-likeness (QED) is 0.878. The van der Waals surface area contributed by atoms with Gasteiger partial charge in [-0.05, 0) is 30.3 Å². The third-order valence-electron chi connectivity index (χ3n) is 3.14. The van der Waals surface area contributed by atoms with Gasteiger partial charge in [0.25, 0.3) is 0 Å². The lowest BCUT2D eigenvalue weighted by Gasteiger charge is -2.19. The van der Waals surface area contributed by atoms with Gasteiger partial charge in [-0.2, -0.15) is 0 Å². The van der Waals surface area contributed by atoms with E-state index < -0.39 is 0 Å². The molecule has 0 bridgehead atoms. The number of anilines is 2. The van der Waals surface area contributed by atoms with Crippen molar-refractivity contribution in [3.8, 4) is 11.5 Å². The summed E-state index contributed by atoms with van der Waals surface area (Å²) in [6, 6.07) is 10.3. The Kier molecular flexibility index (Phi) is 4.79. The van der Waals surface area contributed by atoms with Crippen LogP contribution in [0.3, 0.4) is 0 Å². The number of benzene rings is 2. The highest BCUT2D eigenvalue weighted by atomic mass is 35.5. The van der Waals surface area contributed by atoms with Gasteiger partial charge >= 0.3 is 0 Å². The number of carbonyl (C=O) groups is 1. The number of ether oxygens (including phenoxy) is 2. The van der Waals surface area contributed by atoms with Crippen molar-refractivity contribution in [2.75, 3.05) is 30.4 Å². The second-order valence-electron chi connectivity index (χ2n) is 4.92. The number of carbonyl (C=O) groups excluding carboxylic acids is 1. The molecule has 2 aromatic rings. The Balaban J connectivity index is 1.59. The molecule has 0 unspecified atom stereocenters. The summed E-state index contributed by atoms with van der Waals surface area (Å²) < 4.78 is 10.9. The number of amides is 1. The molecule has 0 saturated carbocycles. The first kappa shape index (κ1) is 15.8. The van der Waals surface area contributed by atoms with E-state index in [2.05, 4.69) is 10.6 Å². The zero-order valence-corrected chi connectivity index (χ0v) is 13.6. The van der Waals surface area contributed by atoms with Crippen LogP contribution in [0.15, 0.2) is 36.4 Å². The fourth-order valence-corrected chi connectivity index (χ4v) is 2.69. The zero-order chi connectivity index (χ0) is 16.2. The minimum absolute atomic E-state index is 0.0884. The van der Waals surface area contributed by atoms with E-state index in [-0.39, 0.29) is 12.5 Å². The van der Waals surface area contributed by atoms with Crippen molar-refractivity contribution in [3.63, 3.8) is 0 Å². The average Bonchev–Trinajstić information content (AvgIpc) is 2.52. The minimum atomic E-state index is -0.197. The van der Waals surface area contributed by atoms with E-state index in [1.54, 1.807) is 36.4 Å². The smallest absolute Gasteiger partial charge is 0.243 e. The molecule has 2 aromatic carbocycles. The Labute approximate surface area is 143 Å². The summed E-state index contributed by atoms with van der Waals surface area (Å²) in [6.45, 7) is 1.12. The summed E-state index contributed by atoms with van der Waals surface area (Å²) in [6.07, 6.45) is 0. The van der Waals surface area contributed by atoms with Crippen LogP contribution in [-0.4, -0.2) is 25.7 Å². The van der Waals surface area contributed by atoms with Gasteiger partial charge in [0.2, 0.25) is 5.91 Å².